The minimum absolute atomic E-state index is 0.0139. The molecular formula is C48H97N2O6P. The molecule has 0 aliphatic heterocycles. The molecule has 1 unspecified atom stereocenters. The van der Waals surface area contributed by atoms with Gasteiger partial charge in [0.05, 0.1) is 39.9 Å². The summed E-state index contributed by atoms with van der Waals surface area (Å²) in [7, 11) is 1.31. The largest absolute Gasteiger partial charge is 0.756 e. The van der Waals surface area contributed by atoms with Crippen LogP contribution >= 0.6 is 7.82 Å². The number of nitrogens with one attached hydrogen (secondary N) is 1. The van der Waals surface area contributed by atoms with Crippen LogP contribution in [-0.2, 0) is 18.4 Å². The third-order valence-corrected chi connectivity index (χ3v) is 12.2. The van der Waals surface area contributed by atoms with Crippen LogP contribution in [0.15, 0.2) is 12.2 Å². The number of hydrogen-bond donors (Lipinski definition) is 2. The molecule has 0 aliphatic carbocycles. The van der Waals surface area contributed by atoms with Crippen molar-refractivity contribution in [3.05, 3.63) is 12.2 Å². The SMILES string of the molecule is CCCCCCCC/C=C/CCCCCCCCCCCC(=O)N[C@@H](COP(=O)([O-])OCC[N+](C)(C)C)[C@H](O)CCCCCCCCCCCCCCCCCC. The number of unbranched alkanes of at least 4 members (excludes halogenated alkanes) is 30. The Morgan fingerprint density at radius 3 is 1.37 bits per heavy atom. The number of hydrogen-bond acceptors (Lipinski definition) is 6. The van der Waals surface area contributed by atoms with E-state index in [1.165, 1.54) is 173 Å². The Morgan fingerprint density at radius 2 is 0.965 bits per heavy atom. The standard InChI is InChI=1S/C48H97N2O6P/c1-6-8-10-12-14-16-18-20-22-24-25-26-28-30-32-34-36-38-40-42-48(52)49-46(45-56-57(53,54)55-44-43-50(3,4)5)47(51)41-39-37-35-33-31-29-27-23-21-19-17-15-13-11-9-7-2/h20,22,46-47,51H,6-19,21,23-45H2,1-5H3,(H-,49,52,53,54)/b22-20+/t46-,47+/m0/s1. The molecule has 340 valence electrons. The number of aliphatic hydroxyl groups excluding tert-OH is 1. The van der Waals surface area contributed by atoms with Crippen molar-refractivity contribution in [2.45, 2.75) is 251 Å². The first-order valence-corrected chi connectivity index (χ1v) is 26.0. The maximum Gasteiger partial charge on any atom is 0.268 e. The number of quaternary nitrogens is 1. The van der Waals surface area contributed by atoms with Gasteiger partial charge in [0.1, 0.15) is 13.2 Å². The number of carbonyl (C=O) groups excluding carboxylic acids is 1. The number of carbonyl (C=O) groups is 1. The molecule has 0 heterocycles. The van der Waals surface area contributed by atoms with E-state index in [0.717, 1.165) is 38.5 Å². The third kappa shape index (κ3) is 43.1. The highest BCUT2D eigenvalue weighted by Crippen LogP contribution is 2.38. The van der Waals surface area contributed by atoms with Gasteiger partial charge in [0.25, 0.3) is 7.82 Å². The Morgan fingerprint density at radius 1 is 0.596 bits per heavy atom. The van der Waals surface area contributed by atoms with Crippen molar-refractivity contribution >= 4 is 13.7 Å². The van der Waals surface area contributed by atoms with E-state index in [1.807, 2.05) is 21.1 Å². The second-order valence-electron chi connectivity index (χ2n) is 18.2. The summed E-state index contributed by atoms with van der Waals surface area (Å²) in [6.07, 6.45) is 46.4. The maximum absolute atomic E-state index is 12.9. The van der Waals surface area contributed by atoms with E-state index in [9.17, 15) is 19.4 Å². The van der Waals surface area contributed by atoms with E-state index in [-0.39, 0.29) is 19.1 Å². The molecule has 2 N–H and O–H groups in total. The van der Waals surface area contributed by atoms with Gasteiger partial charge in [-0.15, -0.1) is 0 Å². The molecule has 0 aromatic carbocycles. The van der Waals surface area contributed by atoms with Crippen LogP contribution in [-0.4, -0.2) is 68.5 Å². The quantitative estimate of drug-likeness (QED) is 0.0274. The number of amides is 1. The second-order valence-corrected chi connectivity index (χ2v) is 19.6. The number of likely N-dealkylation sites (N-methyl/N-ethyl adjacent to an activating group) is 1. The van der Waals surface area contributed by atoms with Crippen LogP contribution in [0.4, 0.5) is 0 Å². The van der Waals surface area contributed by atoms with E-state index in [1.54, 1.807) is 0 Å². The molecule has 3 atom stereocenters. The fourth-order valence-corrected chi connectivity index (χ4v) is 8.05. The Bertz CT molecular complexity index is 942. The van der Waals surface area contributed by atoms with Crippen LogP contribution in [0, 0.1) is 0 Å². The molecule has 57 heavy (non-hydrogen) atoms. The number of aliphatic hydroxyl groups is 1. The molecule has 0 fully saturated rings. The van der Waals surface area contributed by atoms with Gasteiger partial charge >= 0.3 is 0 Å². The van der Waals surface area contributed by atoms with E-state index in [2.05, 4.69) is 31.3 Å². The van der Waals surface area contributed by atoms with Crippen LogP contribution in [0.5, 0.6) is 0 Å². The minimum Gasteiger partial charge on any atom is -0.756 e. The zero-order chi connectivity index (χ0) is 42.1. The van der Waals surface area contributed by atoms with Gasteiger partial charge in [-0.1, -0.05) is 206 Å². The Hall–Kier alpha value is -0.760. The molecule has 0 aliphatic rings. The number of rotatable bonds is 45. The number of phosphoric ester groups is 1. The first-order valence-electron chi connectivity index (χ1n) is 24.5. The second kappa shape index (κ2) is 40.6. The molecular weight excluding hydrogens is 732 g/mol. The summed E-state index contributed by atoms with van der Waals surface area (Å²) in [4.78, 5) is 25.4. The lowest BCUT2D eigenvalue weighted by Crippen LogP contribution is -2.46. The fourth-order valence-electron chi connectivity index (χ4n) is 7.33. The van der Waals surface area contributed by atoms with E-state index < -0.39 is 20.0 Å². The minimum atomic E-state index is -4.56. The molecule has 0 bridgehead atoms. The van der Waals surface area contributed by atoms with Crippen molar-refractivity contribution in [3.63, 3.8) is 0 Å². The summed E-state index contributed by atoms with van der Waals surface area (Å²) >= 11 is 0. The maximum atomic E-state index is 12.9. The van der Waals surface area contributed by atoms with Crippen molar-refractivity contribution in [3.8, 4) is 0 Å². The summed E-state index contributed by atoms with van der Waals surface area (Å²) in [5.74, 6) is -0.165. The molecule has 0 saturated carbocycles. The summed E-state index contributed by atoms with van der Waals surface area (Å²) in [5.41, 5.74) is 0. The highest BCUT2D eigenvalue weighted by molar-refractivity contribution is 7.45. The lowest BCUT2D eigenvalue weighted by Gasteiger charge is -2.30. The number of allylic oxidation sites excluding steroid dienone is 2. The monoisotopic (exact) mass is 829 g/mol. The predicted molar refractivity (Wildman–Crippen MR) is 242 cm³/mol. The van der Waals surface area contributed by atoms with Crippen molar-refractivity contribution in [2.75, 3.05) is 40.9 Å². The molecule has 0 saturated heterocycles. The Kier molecular flexibility index (Phi) is 40.1. The Balaban J connectivity index is 4.28. The molecule has 8 nitrogen and oxygen atoms in total. The smallest absolute Gasteiger partial charge is 0.268 e. The van der Waals surface area contributed by atoms with Gasteiger partial charge in [-0.2, -0.15) is 0 Å². The first-order chi connectivity index (χ1) is 27.5. The normalized spacial score (nSPS) is 14.3. The van der Waals surface area contributed by atoms with Crippen molar-refractivity contribution in [1.29, 1.82) is 0 Å². The van der Waals surface area contributed by atoms with Gasteiger partial charge in [-0.25, -0.2) is 0 Å². The molecule has 1 amide bonds. The predicted octanol–water partition coefficient (Wildman–Crippen LogP) is 13.3. The lowest BCUT2D eigenvalue weighted by atomic mass is 10.0. The lowest BCUT2D eigenvalue weighted by molar-refractivity contribution is -0.870. The van der Waals surface area contributed by atoms with Crippen LogP contribution in [0.1, 0.15) is 239 Å². The van der Waals surface area contributed by atoms with Gasteiger partial charge in [0, 0.05) is 6.42 Å². The summed E-state index contributed by atoms with van der Waals surface area (Å²) in [5, 5.41) is 13.9. The van der Waals surface area contributed by atoms with E-state index in [4.69, 9.17) is 9.05 Å². The number of phosphoric acid groups is 1. The zero-order valence-corrected chi connectivity index (χ0v) is 39.5. The van der Waals surface area contributed by atoms with E-state index >= 15 is 0 Å². The summed E-state index contributed by atoms with van der Waals surface area (Å²) in [6.45, 7) is 4.74. The summed E-state index contributed by atoms with van der Waals surface area (Å²) in [6, 6.07) is -0.797. The van der Waals surface area contributed by atoms with Gasteiger partial charge in [-0.3, -0.25) is 9.36 Å². The third-order valence-electron chi connectivity index (χ3n) is 11.3. The van der Waals surface area contributed by atoms with Crippen molar-refractivity contribution in [2.24, 2.45) is 0 Å². The average molecular weight is 829 g/mol. The molecule has 0 spiro atoms. The van der Waals surface area contributed by atoms with Crippen molar-refractivity contribution < 1.29 is 32.9 Å². The topological polar surface area (TPSA) is 108 Å². The van der Waals surface area contributed by atoms with Crippen LogP contribution in [0.3, 0.4) is 0 Å². The van der Waals surface area contributed by atoms with Crippen LogP contribution < -0.4 is 10.2 Å². The first kappa shape index (κ1) is 56.2. The zero-order valence-electron chi connectivity index (χ0n) is 38.6. The highest BCUT2D eigenvalue weighted by Gasteiger charge is 2.24. The van der Waals surface area contributed by atoms with Gasteiger partial charge < -0.3 is 28.8 Å². The fraction of sp³-hybridized carbons (Fsp3) is 0.938. The van der Waals surface area contributed by atoms with E-state index in [0.29, 0.717) is 23.9 Å². The highest BCUT2D eigenvalue weighted by atomic mass is 31.2. The van der Waals surface area contributed by atoms with Crippen molar-refractivity contribution in [1.82, 2.24) is 5.32 Å². The molecule has 0 radical (unpaired) electrons. The molecule has 0 aromatic rings. The summed E-state index contributed by atoms with van der Waals surface area (Å²) < 4.78 is 23.3. The molecule has 9 heteroatoms. The molecule has 0 rings (SSSR count). The Labute approximate surface area is 354 Å². The molecule has 0 aromatic heterocycles. The van der Waals surface area contributed by atoms with Crippen LogP contribution in [0.2, 0.25) is 0 Å². The average Bonchev–Trinajstić information content (AvgIpc) is 3.16. The van der Waals surface area contributed by atoms with Gasteiger partial charge in [0.2, 0.25) is 5.91 Å². The number of nitrogens with zero attached hydrogens (tertiary/aromatic N) is 1. The van der Waals surface area contributed by atoms with Gasteiger partial charge in [0.15, 0.2) is 0 Å². The van der Waals surface area contributed by atoms with Gasteiger partial charge in [-0.05, 0) is 38.5 Å². The van der Waals surface area contributed by atoms with Crippen LogP contribution in [0.25, 0.3) is 0 Å².